The Morgan fingerprint density at radius 2 is 1.84 bits per heavy atom. The smallest absolute Gasteiger partial charge is 0.216 e. The van der Waals surface area contributed by atoms with Crippen molar-refractivity contribution in [2.24, 2.45) is 0 Å². The zero-order chi connectivity index (χ0) is 17.8. The maximum Gasteiger partial charge on any atom is 0.216 e. The van der Waals surface area contributed by atoms with Crippen molar-refractivity contribution in [3.8, 4) is 11.5 Å². The van der Waals surface area contributed by atoms with E-state index in [0.717, 1.165) is 28.0 Å². The molecular weight excluding hydrogens is 356 g/mol. The number of aromatic nitrogens is 3. The maximum absolute atomic E-state index is 5.47. The molecule has 0 spiro atoms. The number of fused-ring (bicyclic) bond motifs is 3. The number of ether oxygens (including phenoxy) is 2. The molecule has 0 saturated heterocycles. The van der Waals surface area contributed by atoms with Gasteiger partial charge in [-0.1, -0.05) is 38.6 Å². The lowest BCUT2D eigenvalue weighted by molar-refractivity contribution is 0.354. The summed E-state index contributed by atoms with van der Waals surface area (Å²) in [5.41, 5.74) is 1.06. The first kappa shape index (κ1) is 16.7. The van der Waals surface area contributed by atoms with Crippen LogP contribution in [0.5, 0.6) is 11.5 Å². The summed E-state index contributed by atoms with van der Waals surface area (Å²) in [4.78, 5) is 0. The molecule has 2 aliphatic rings. The molecule has 25 heavy (non-hydrogen) atoms. The summed E-state index contributed by atoms with van der Waals surface area (Å²) in [7, 11) is 3.31. The molecule has 2 aliphatic heterocycles. The first-order valence-corrected chi connectivity index (χ1v) is 9.71. The van der Waals surface area contributed by atoms with Gasteiger partial charge in [0.15, 0.2) is 17.3 Å². The molecule has 8 heteroatoms. The molecule has 2 aromatic rings. The van der Waals surface area contributed by atoms with Gasteiger partial charge in [-0.3, -0.25) is 5.01 Å². The van der Waals surface area contributed by atoms with Crippen molar-refractivity contribution in [3.05, 3.63) is 40.0 Å². The minimum Gasteiger partial charge on any atom is -0.493 e. The van der Waals surface area contributed by atoms with Crippen molar-refractivity contribution in [3.63, 3.8) is 0 Å². The minimum absolute atomic E-state index is 0.0866. The van der Waals surface area contributed by atoms with Crippen LogP contribution in [-0.2, 0) is 5.41 Å². The highest BCUT2D eigenvalue weighted by atomic mass is 32.2. The maximum atomic E-state index is 5.47. The summed E-state index contributed by atoms with van der Waals surface area (Å²) in [6.07, 6.45) is 0. The van der Waals surface area contributed by atoms with E-state index in [1.807, 2.05) is 12.1 Å². The zero-order valence-corrected chi connectivity index (χ0v) is 16.4. The van der Waals surface area contributed by atoms with Crippen molar-refractivity contribution in [2.45, 2.75) is 36.7 Å². The van der Waals surface area contributed by atoms with Crippen LogP contribution in [-0.4, -0.2) is 29.1 Å². The van der Waals surface area contributed by atoms with E-state index in [0.29, 0.717) is 0 Å². The highest BCUT2D eigenvalue weighted by Crippen LogP contribution is 2.52. The van der Waals surface area contributed by atoms with Gasteiger partial charge in [0.05, 0.1) is 14.2 Å². The second-order valence-corrected chi connectivity index (χ2v) is 8.82. The summed E-state index contributed by atoms with van der Waals surface area (Å²) in [6, 6.07) is 6.07. The summed E-state index contributed by atoms with van der Waals surface area (Å²) in [5.74, 6) is 2.44. The molecule has 1 aromatic heterocycles. The quantitative estimate of drug-likeness (QED) is 0.806. The van der Waals surface area contributed by atoms with Gasteiger partial charge in [0, 0.05) is 10.8 Å². The zero-order valence-electron chi connectivity index (χ0n) is 14.8. The molecule has 0 aliphatic carbocycles. The van der Waals surface area contributed by atoms with Gasteiger partial charge < -0.3 is 9.47 Å². The fourth-order valence-corrected chi connectivity index (χ4v) is 5.15. The van der Waals surface area contributed by atoms with Crippen LogP contribution in [0.2, 0.25) is 0 Å². The van der Waals surface area contributed by atoms with E-state index in [1.54, 1.807) is 37.7 Å². The lowest BCUT2D eigenvalue weighted by Gasteiger charge is -2.29. The fourth-order valence-electron chi connectivity index (χ4n) is 2.93. The summed E-state index contributed by atoms with van der Waals surface area (Å²) < 4.78 is 13.0. The van der Waals surface area contributed by atoms with Crippen molar-refractivity contribution in [1.82, 2.24) is 14.9 Å². The minimum atomic E-state index is -0.0866. The average Bonchev–Trinajstić information content (AvgIpc) is 3.24. The largest absolute Gasteiger partial charge is 0.493 e. The molecule has 1 unspecified atom stereocenters. The molecule has 0 bridgehead atoms. The topological polar surface area (TPSA) is 52.4 Å². The third-order valence-corrected chi connectivity index (χ3v) is 6.32. The molecule has 0 radical (unpaired) electrons. The molecule has 3 heterocycles. The Bertz CT molecular complexity index is 857. The van der Waals surface area contributed by atoms with E-state index in [1.165, 1.54) is 5.03 Å². The number of rotatable bonds is 3. The number of hydrogen-bond donors (Lipinski definition) is 0. The molecular formula is C17H20N4O2S2. The van der Waals surface area contributed by atoms with Crippen molar-refractivity contribution >= 4 is 23.5 Å². The second-order valence-electron chi connectivity index (χ2n) is 6.87. The van der Waals surface area contributed by atoms with E-state index >= 15 is 0 Å². The van der Waals surface area contributed by atoms with Crippen LogP contribution in [0.3, 0.4) is 0 Å². The Morgan fingerprint density at radius 1 is 1.08 bits per heavy atom. The van der Waals surface area contributed by atoms with Gasteiger partial charge in [-0.25, -0.2) is 4.68 Å². The van der Waals surface area contributed by atoms with Gasteiger partial charge in [0.2, 0.25) is 5.16 Å². The average molecular weight is 377 g/mol. The molecule has 132 valence electrons. The van der Waals surface area contributed by atoms with Gasteiger partial charge in [0.25, 0.3) is 0 Å². The first-order valence-electron chi connectivity index (χ1n) is 7.95. The van der Waals surface area contributed by atoms with Crippen molar-refractivity contribution in [1.29, 1.82) is 0 Å². The Balaban J connectivity index is 1.76. The van der Waals surface area contributed by atoms with E-state index in [-0.39, 0.29) is 10.8 Å². The predicted molar refractivity (Wildman–Crippen MR) is 101 cm³/mol. The highest BCUT2D eigenvalue weighted by molar-refractivity contribution is 8.07. The molecule has 1 atom stereocenters. The van der Waals surface area contributed by atoms with E-state index < -0.39 is 0 Å². The Morgan fingerprint density at radius 3 is 2.52 bits per heavy atom. The van der Waals surface area contributed by atoms with E-state index in [4.69, 9.17) is 9.47 Å². The van der Waals surface area contributed by atoms with Crippen LogP contribution < -0.4 is 14.5 Å². The number of nitrogens with zero attached hydrogens (tertiary/aromatic N) is 4. The van der Waals surface area contributed by atoms with Gasteiger partial charge in [-0.15, -0.1) is 10.2 Å². The lowest BCUT2D eigenvalue weighted by atomic mass is 9.96. The number of methoxy groups -OCH3 is 2. The van der Waals surface area contributed by atoms with E-state index in [2.05, 4.69) is 52.1 Å². The Hall–Kier alpha value is -1.80. The van der Waals surface area contributed by atoms with Crippen LogP contribution in [0.15, 0.2) is 33.8 Å². The molecule has 0 amide bonds. The molecule has 0 fully saturated rings. The molecule has 0 saturated carbocycles. The predicted octanol–water partition coefficient (Wildman–Crippen LogP) is 3.88. The molecule has 1 aromatic carbocycles. The monoisotopic (exact) mass is 376 g/mol. The van der Waals surface area contributed by atoms with Gasteiger partial charge in [-0.05, 0) is 29.5 Å². The Kier molecular flexibility index (Phi) is 3.92. The third-order valence-electron chi connectivity index (χ3n) is 4.13. The SMILES string of the molecule is COc1ccc(C2SC=C3Sc4nnc(C(C)(C)C)n4N32)cc1OC. The number of hydrogen-bond acceptors (Lipinski definition) is 7. The Labute approximate surface area is 155 Å². The van der Waals surface area contributed by atoms with Crippen LogP contribution in [0.25, 0.3) is 0 Å². The summed E-state index contributed by atoms with van der Waals surface area (Å²) in [5, 5.41) is 15.5. The molecule has 0 N–H and O–H groups in total. The lowest BCUT2D eigenvalue weighted by Crippen LogP contribution is -2.34. The van der Waals surface area contributed by atoms with Crippen LogP contribution in [0.1, 0.15) is 37.5 Å². The van der Waals surface area contributed by atoms with Gasteiger partial charge in [0.1, 0.15) is 10.4 Å². The summed E-state index contributed by atoms with van der Waals surface area (Å²) >= 11 is 3.44. The summed E-state index contributed by atoms with van der Waals surface area (Å²) in [6.45, 7) is 6.47. The van der Waals surface area contributed by atoms with Crippen LogP contribution in [0.4, 0.5) is 0 Å². The van der Waals surface area contributed by atoms with E-state index in [9.17, 15) is 0 Å². The van der Waals surface area contributed by atoms with Crippen LogP contribution in [0, 0.1) is 0 Å². The van der Waals surface area contributed by atoms with Gasteiger partial charge in [-0.2, -0.15) is 0 Å². The van der Waals surface area contributed by atoms with Crippen molar-refractivity contribution < 1.29 is 9.47 Å². The normalized spacial score (nSPS) is 18.8. The molecule has 4 rings (SSSR count). The standard InChI is InChI=1S/C17H20N4O2S2/c1-17(2,3)15-18-19-16-21(15)20-13(25-16)9-24-14(20)10-6-7-11(22-4)12(8-10)23-5/h6-9,14H,1-5H3. The fraction of sp³-hybridized carbons (Fsp3) is 0.412. The number of thioether (sulfide) groups is 2. The number of benzene rings is 1. The van der Waals surface area contributed by atoms with Gasteiger partial charge >= 0.3 is 0 Å². The third kappa shape index (κ3) is 2.58. The van der Waals surface area contributed by atoms with Crippen LogP contribution >= 0.6 is 23.5 Å². The van der Waals surface area contributed by atoms with Crippen molar-refractivity contribution in [2.75, 3.05) is 19.2 Å². The first-order chi connectivity index (χ1) is 11.9. The highest BCUT2D eigenvalue weighted by Gasteiger charge is 2.41. The second kappa shape index (κ2) is 5.88. The molecule has 6 nitrogen and oxygen atoms in total.